The summed E-state index contributed by atoms with van der Waals surface area (Å²) in [7, 11) is 1.24. The van der Waals surface area contributed by atoms with Crippen molar-refractivity contribution in [3.8, 4) is 11.5 Å². The molecule has 2 rings (SSSR count). The number of esters is 1. The Morgan fingerprint density at radius 1 is 1.08 bits per heavy atom. The van der Waals surface area contributed by atoms with Crippen LogP contribution in [0.1, 0.15) is 30.9 Å². The number of rotatable bonds is 11. The van der Waals surface area contributed by atoms with Gasteiger partial charge in [0, 0.05) is 18.5 Å². The second kappa shape index (κ2) is 13.5. The molecule has 0 fully saturated rings. The number of carbonyl (C=O) groups is 3. The molecule has 0 saturated carbocycles. The minimum Gasteiger partial charge on any atom is -0.490 e. The predicted molar refractivity (Wildman–Crippen MR) is 128 cm³/mol. The van der Waals surface area contributed by atoms with E-state index in [0.29, 0.717) is 22.4 Å². The van der Waals surface area contributed by atoms with Crippen molar-refractivity contribution in [2.24, 2.45) is 5.10 Å². The van der Waals surface area contributed by atoms with E-state index in [4.69, 9.17) is 9.47 Å². The van der Waals surface area contributed by atoms with Crippen LogP contribution in [-0.2, 0) is 25.3 Å². The molecule has 36 heavy (non-hydrogen) atoms. The summed E-state index contributed by atoms with van der Waals surface area (Å²) in [5, 5.41) is 6.15. The molecule has 0 aromatic heterocycles. The standard InChI is InChI=1S/C23H23BrF3N3O6/c1-3-35-18-10-14(9-17(24)22(18)36-13-21(33)34-2)12-28-30-20(32)8-7-19(31)29-16-6-4-5-15(11-16)23(25,26)27/h4-6,9-12H,3,7-8,13H2,1-2H3,(H,29,31)(H,30,32). The highest BCUT2D eigenvalue weighted by molar-refractivity contribution is 9.10. The van der Waals surface area contributed by atoms with Crippen LogP contribution < -0.4 is 20.2 Å². The van der Waals surface area contributed by atoms with E-state index in [0.717, 1.165) is 12.1 Å². The van der Waals surface area contributed by atoms with Gasteiger partial charge in [-0.1, -0.05) is 6.07 Å². The van der Waals surface area contributed by atoms with Gasteiger partial charge in [-0.15, -0.1) is 0 Å². The Hall–Kier alpha value is -3.61. The lowest BCUT2D eigenvalue weighted by Gasteiger charge is -2.13. The van der Waals surface area contributed by atoms with Gasteiger partial charge in [-0.05, 0) is 58.7 Å². The van der Waals surface area contributed by atoms with E-state index < -0.39 is 29.5 Å². The molecule has 0 heterocycles. The van der Waals surface area contributed by atoms with Gasteiger partial charge >= 0.3 is 12.1 Å². The van der Waals surface area contributed by atoms with Crippen molar-refractivity contribution in [2.75, 3.05) is 25.6 Å². The lowest BCUT2D eigenvalue weighted by molar-refractivity contribution is -0.143. The molecule has 0 spiro atoms. The highest BCUT2D eigenvalue weighted by Crippen LogP contribution is 2.36. The maximum Gasteiger partial charge on any atom is 0.416 e. The number of hydrogen-bond donors (Lipinski definition) is 2. The zero-order chi connectivity index (χ0) is 26.7. The van der Waals surface area contributed by atoms with Crippen molar-refractivity contribution in [2.45, 2.75) is 25.9 Å². The highest BCUT2D eigenvalue weighted by atomic mass is 79.9. The fourth-order valence-corrected chi connectivity index (χ4v) is 3.29. The number of nitrogens with one attached hydrogen (secondary N) is 2. The summed E-state index contributed by atoms with van der Waals surface area (Å²) in [6, 6.07) is 7.39. The number of anilines is 1. The Morgan fingerprint density at radius 3 is 2.47 bits per heavy atom. The summed E-state index contributed by atoms with van der Waals surface area (Å²) >= 11 is 3.33. The smallest absolute Gasteiger partial charge is 0.416 e. The Kier molecular flexibility index (Phi) is 10.7. The average molecular weight is 574 g/mol. The number of benzene rings is 2. The molecule has 0 atom stereocenters. The lowest BCUT2D eigenvalue weighted by Crippen LogP contribution is -2.20. The van der Waals surface area contributed by atoms with E-state index in [2.05, 4.69) is 36.5 Å². The molecule has 0 saturated heterocycles. The first kappa shape index (κ1) is 28.6. The number of alkyl halides is 3. The maximum atomic E-state index is 12.8. The van der Waals surface area contributed by atoms with E-state index >= 15 is 0 Å². The van der Waals surface area contributed by atoms with Crippen molar-refractivity contribution < 1.29 is 41.8 Å². The van der Waals surface area contributed by atoms with E-state index in [9.17, 15) is 27.6 Å². The molecule has 0 radical (unpaired) electrons. The van der Waals surface area contributed by atoms with Crippen LogP contribution in [0.25, 0.3) is 0 Å². The largest absolute Gasteiger partial charge is 0.490 e. The van der Waals surface area contributed by atoms with Crippen LogP contribution in [0.3, 0.4) is 0 Å². The first-order valence-corrected chi connectivity index (χ1v) is 11.3. The third-order valence-electron chi connectivity index (χ3n) is 4.35. The van der Waals surface area contributed by atoms with Crippen molar-refractivity contribution >= 4 is 45.6 Å². The van der Waals surface area contributed by atoms with Gasteiger partial charge in [0.1, 0.15) is 0 Å². The first-order valence-electron chi connectivity index (χ1n) is 10.5. The van der Waals surface area contributed by atoms with Gasteiger partial charge in [0.2, 0.25) is 11.8 Å². The van der Waals surface area contributed by atoms with Crippen molar-refractivity contribution in [1.29, 1.82) is 0 Å². The number of amides is 2. The molecular weight excluding hydrogens is 551 g/mol. The van der Waals surface area contributed by atoms with Crippen molar-refractivity contribution in [1.82, 2.24) is 5.43 Å². The monoisotopic (exact) mass is 573 g/mol. The fourth-order valence-electron chi connectivity index (χ4n) is 2.71. The van der Waals surface area contributed by atoms with Crippen LogP contribution in [0.15, 0.2) is 46.0 Å². The molecule has 2 aromatic carbocycles. The number of hydrazone groups is 1. The number of nitrogens with zero attached hydrogens (tertiary/aromatic N) is 1. The summed E-state index contributed by atoms with van der Waals surface area (Å²) in [6.45, 7) is 1.77. The molecule has 194 valence electrons. The van der Waals surface area contributed by atoms with Gasteiger partial charge in [0.25, 0.3) is 0 Å². The summed E-state index contributed by atoms with van der Waals surface area (Å²) < 4.78 is 54.3. The summed E-state index contributed by atoms with van der Waals surface area (Å²) in [4.78, 5) is 35.3. The topological polar surface area (TPSA) is 115 Å². The molecule has 2 N–H and O–H groups in total. The van der Waals surface area contributed by atoms with E-state index in [1.165, 1.54) is 25.5 Å². The fraction of sp³-hybridized carbons (Fsp3) is 0.304. The van der Waals surface area contributed by atoms with E-state index in [1.54, 1.807) is 19.1 Å². The van der Waals surface area contributed by atoms with Gasteiger partial charge < -0.3 is 19.5 Å². The average Bonchev–Trinajstić information content (AvgIpc) is 2.82. The first-order chi connectivity index (χ1) is 17.0. The molecule has 2 aromatic rings. The zero-order valence-corrected chi connectivity index (χ0v) is 20.9. The third kappa shape index (κ3) is 9.21. The minimum atomic E-state index is -4.53. The SMILES string of the molecule is CCOc1cc(C=NNC(=O)CCC(=O)Nc2cccc(C(F)(F)F)c2)cc(Br)c1OCC(=O)OC. The Morgan fingerprint density at radius 2 is 1.81 bits per heavy atom. The van der Waals surface area contributed by atoms with Crippen LogP contribution in [0.5, 0.6) is 11.5 Å². The Labute approximate surface area is 213 Å². The second-order valence-corrected chi connectivity index (χ2v) is 7.90. The molecule has 0 bridgehead atoms. The highest BCUT2D eigenvalue weighted by Gasteiger charge is 2.30. The van der Waals surface area contributed by atoms with Crippen LogP contribution in [0, 0.1) is 0 Å². The van der Waals surface area contributed by atoms with Gasteiger partial charge in [-0.25, -0.2) is 10.2 Å². The van der Waals surface area contributed by atoms with E-state index in [1.807, 2.05) is 0 Å². The van der Waals surface area contributed by atoms with Crippen LogP contribution in [-0.4, -0.2) is 44.3 Å². The van der Waals surface area contributed by atoms with Crippen LogP contribution >= 0.6 is 15.9 Å². The molecular formula is C23H23BrF3N3O6. The zero-order valence-electron chi connectivity index (χ0n) is 19.3. The van der Waals surface area contributed by atoms with Gasteiger partial charge in [-0.2, -0.15) is 18.3 Å². The summed E-state index contributed by atoms with van der Waals surface area (Å²) in [5.41, 5.74) is 1.87. The number of carbonyl (C=O) groups excluding carboxylic acids is 3. The predicted octanol–water partition coefficient (Wildman–Crippen LogP) is 4.29. The molecule has 9 nitrogen and oxygen atoms in total. The van der Waals surface area contributed by atoms with Gasteiger partial charge in [0.15, 0.2) is 18.1 Å². The molecule has 0 aliphatic heterocycles. The summed E-state index contributed by atoms with van der Waals surface area (Å²) in [5.74, 6) is -1.15. The molecule has 0 aliphatic rings. The number of methoxy groups -OCH3 is 1. The van der Waals surface area contributed by atoms with E-state index in [-0.39, 0.29) is 30.9 Å². The Bertz CT molecular complexity index is 1120. The lowest BCUT2D eigenvalue weighted by atomic mass is 10.2. The van der Waals surface area contributed by atoms with Crippen molar-refractivity contribution in [3.05, 3.63) is 52.0 Å². The van der Waals surface area contributed by atoms with Gasteiger partial charge in [0.05, 0.1) is 30.0 Å². The second-order valence-electron chi connectivity index (χ2n) is 7.05. The molecule has 2 amide bonds. The maximum absolute atomic E-state index is 12.8. The van der Waals surface area contributed by atoms with Crippen LogP contribution in [0.2, 0.25) is 0 Å². The number of hydrogen-bond acceptors (Lipinski definition) is 7. The number of ether oxygens (including phenoxy) is 3. The summed E-state index contributed by atoms with van der Waals surface area (Å²) in [6.07, 6.45) is -3.70. The Balaban J connectivity index is 1.91. The molecule has 0 unspecified atom stereocenters. The van der Waals surface area contributed by atoms with Crippen molar-refractivity contribution in [3.63, 3.8) is 0 Å². The number of halogens is 4. The third-order valence-corrected chi connectivity index (χ3v) is 4.94. The molecule has 0 aliphatic carbocycles. The normalized spacial score (nSPS) is 11.2. The van der Waals surface area contributed by atoms with Crippen LogP contribution in [0.4, 0.5) is 18.9 Å². The quantitative estimate of drug-likeness (QED) is 0.235. The van der Waals surface area contributed by atoms with Gasteiger partial charge in [-0.3, -0.25) is 9.59 Å². The molecule has 13 heteroatoms. The minimum absolute atomic E-state index is 0.0251.